The van der Waals surface area contributed by atoms with Gasteiger partial charge in [0.05, 0.1) is 23.9 Å². The lowest BCUT2D eigenvalue weighted by Crippen LogP contribution is -2.14. The third-order valence-corrected chi connectivity index (χ3v) is 3.24. The van der Waals surface area contributed by atoms with Crippen LogP contribution in [0.2, 0.25) is 0 Å². The van der Waals surface area contributed by atoms with Gasteiger partial charge in [-0.25, -0.2) is 9.50 Å². The van der Waals surface area contributed by atoms with E-state index < -0.39 is 6.10 Å². The lowest BCUT2D eigenvalue weighted by atomic mass is 10.4. The molecule has 0 bridgehead atoms. The average molecular weight is 239 g/mol. The summed E-state index contributed by atoms with van der Waals surface area (Å²) >= 11 is 1.41. The maximum atomic E-state index is 9.28. The van der Waals surface area contributed by atoms with Gasteiger partial charge in [-0.2, -0.15) is 5.10 Å². The monoisotopic (exact) mass is 239 g/mol. The second kappa shape index (κ2) is 4.82. The summed E-state index contributed by atoms with van der Waals surface area (Å²) in [6.45, 7) is 1.69. The smallest absolute Gasteiger partial charge is 0.122 e. The molecule has 16 heavy (non-hydrogen) atoms. The zero-order chi connectivity index (χ0) is 11.5. The largest absolute Gasteiger partial charge is 0.394 e. The van der Waals surface area contributed by atoms with E-state index in [-0.39, 0.29) is 6.61 Å². The Morgan fingerprint density at radius 1 is 1.56 bits per heavy atom. The standard InChI is InChI=1S/C10H13N3O2S/c1-7-4-9-10(16-6-8(15)5-14)11-2-3-13(9)12-7/h2-4,8,14-15H,5-6H2,1H3. The average Bonchev–Trinajstić information content (AvgIpc) is 2.66. The zero-order valence-electron chi connectivity index (χ0n) is 8.87. The molecular formula is C10H13N3O2S. The highest BCUT2D eigenvalue weighted by atomic mass is 32.2. The van der Waals surface area contributed by atoms with E-state index in [0.29, 0.717) is 5.75 Å². The van der Waals surface area contributed by atoms with Gasteiger partial charge in [0.1, 0.15) is 5.03 Å². The molecule has 1 unspecified atom stereocenters. The normalized spacial score (nSPS) is 13.2. The Morgan fingerprint density at radius 3 is 3.12 bits per heavy atom. The minimum Gasteiger partial charge on any atom is -0.394 e. The van der Waals surface area contributed by atoms with Crippen LogP contribution in [-0.4, -0.2) is 43.3 Å². The lowest BCUT2D eigenvalue weighted by Gasteiger charge is -2.06. The summed E-state index contributed by atoms with van der Waals surface area (Å²) in [5, 5.41) is 23.1. The van der Waals surface area contributed by atoms with E-state index in [9.17, 15) is 5.11 Å². The van der Waals surface area contributed by atoms with Gasteiger partial charge in [-0.3, -0.25) is 0 Å². The van der Waals surface area contributed by atoms with Crippen LogP contribution in [-0.2, 0) is 0 Å². The van der Waals surface area contributed by atoms with Crippen molar-refractivity contribution >= 4 is 17.3 Å². The number of aromatic nitrogens is 3. The highest BCUT2D eigenvalue weighted by Gasteiger charge is 2.08. The van der Waals surface area contributed by atoms with Crippen LogP contribution in [0.4, 0.5) is 0 Å². The molecule has 2 aromatic rings. The Morgan fingerprint density at radius 2 is 2.38 bits per heavy atom. The van der Waals surface area contributed by atoms with Gasteiger partial charge in [-0.15, -0.1) is 11.8 Å². The van der Waals surface area contributed by atoms with Crippen LogP contribution in [0, 0.1) is 6.92 Å². The molecule has 5 nitrogen and oxygen atoms in total. The predicted molar refractivity (Wildman–Crippen MR) is 61.5 cm³/mol. The molecule has 0 aromatic carbocycles. The summed E-state index contributed by atoms with van der Waals surface area (Å²) in [6, 6.07) is 1.95. The van der Waals surface area contributed by atoms with Gasteiger partial charge >= 0.3 is 0 Å². The van der Waals surface area contributed by atoms with E-state index in [1.54, 1.807) is 16.9 Å². The summed E-state index contributed by atoms with van der Waals surface area (Å²) in [7, 11) is 0. The topological polar surface area (TPSA) is 70.7 Å². The third-order valence-electron chi connectivity index (χ3n) is 2.10. The molecule has 0 fully saturated rings. The minimum absolute atomic E-state index is 0.228. The Bertz CT molecular complexity index is 486. The van der Waals surface area contributed by atoms with Crippen LogP contribution in [0.5, 0.6) is 0 Å². The van der Waals surface area contributed by atoms with Crippen molar-refractivity contribution in [3.8, 4) is 0 Å². The van der Waals surface area contributed by atoms with Gasteiger partial charge in [0.15, 0.2) is 0 Å². The van der Waals surface area contributed by atoms with E-state index in [2.05, 4.69) is 10.1 Å². The van der Waals surface area contributed by atoms with Crippen molar-refractivity contribution in [2.75, 3.05) is 12.4 Å². The summed E-state index contributed by atoms with van der Waals surface area (Å²) in [6.07, 6.45) is 2.75. The van der Waals surface area contributed by atoms with Gasteiger partial charge in [0.25, 0.3) is 0 Å². The van der Waals surface area contributed by atoms with Crippen LogP contribution in [0.25, 0.3) is 5.52 Å². The minimum atomic E-state index is -0.712. The molecule has 0 spiro atoms. The molecule has 0 aliphatic carbocycles. The van der Waals surface area contributed by atoms with E-state index >= 15 is 0 Å². The molecule has 86 valence electrons. The molecule has 2 aromatic heterocycles. The molecule has 0 amide bonds. The molecule has 0 radical (unpaired) electrons. The fourth-order valence-electron chi connectivity index (χ4n) is 1.36. The van der Waals surface area contributed by atoms with Crippen molar-refractivity contribution in [2.24, 2.45) is 0 Å². The molecule has 2 heterocycles. The quantitative estimate of drug-likeness (QED) is 0.760. The summed E-state index contributed by atoms with van der Waals surface area (Å²) in [4.78, 5) is 4.24. The first-order valence-electron chi connectivity index (χ1n) is 4.93. The van der Waals surface area contributed by atoms with Crippen LogP contribution in [0.1, 0.15) is 5.69 Å². The second-order valence-corrected chi connectivity index (χ2v) is 4.50. The molecule has 2 rings (SSSR count). The molecular weight excluding hydrogens is 226 g/mol. The highest BCUT2D eigenvalue weighted by Crippen LogP contribution is 2.22. The fourth-order valence-corrected chi connectivity index (χ4v) is 2.25. The first-order valence-corrected chi connectivity index (χ1v) is 5.92. The Kier molecular flexibility index (Phi) is 3.42. The Hall–Kier alpha value is -1.11. The SMILES string of the molecule is Cc1cc2c(SCC(O)CO)nccn2n1. The maximum absolute atomic E-state index is 9.28. The number of nitrogens with zero attached hydrogens (tertiary/aromatic N) is 3. The van der Waals surface area contributed by atoms with Crippen molar-refractivity contribution < 1.29 is 10.2 Å². The zero-order valence-corrected chi connectivity index (χ0v) is 9.68. The van der Waals surface area contributed by atoms with E-state index in [1.165, 1.54) is 11.8 Å². The summed E-state index contributed by atoms with van der Waals surface area (Å²) in [5.41, 5.74) is 1.85. The molecule has 0 aliphatic heterocycles. The van der Waals surface area contributed by atoms with Crippen molar-refractivity contribution in [3.63, 3.8) is 0 Å². The van der Waals surface area contributed by atoms with Crippen LogP contribution < -0.4 is 0 Å². The van der Waals surface area contributed by atoms with Gasteiger partial charge in [-0.05, 0) is 13.0 Å². The second-order valence-electron chi connectivity index (χ2n) is 3.50. The van der Waals surface area contributed by atoms with E-state index in [4.69, 9.17) is 5.11 Å². The Balaban J connectivity index is 2.23. The molecule has 0 aliphatic rings. The van der Waals surface area contributed by atoms with Gasteiger partial charge in [0, 0.05) is 18.1 Å². The number of thioether (sulfide) groups is 1. The van der Waals surface area contributed by atoms with Gasteiger partial charge < -0.3 is 10.2 Å². The van der Waals surface area contributed by atoms with Crippen molar-refractivity contribution in [1.29, 1.82) is 0 Å². The number of hydrogen-bond donors (Lipinski definition) is 2. The third kappa shape index (κ3) is 2.34. The highest BCUT2D eigenvalue weighted by molar-refractivity contribution is 7.99. The first-order chi connectivity index (χ1) is 7.70. The molecule has 0 saturated carbocycles. The van der Waals surface area contributed by atoms with E-state index in [1.807, 2.05) is 13.0 Å². The van der Waals surface area contributed by atoms with Crippen LogP contribution >= 0.6 is 11.8 Å². The van der Waals surface area contributed by atoms with Crippen molar-refractivity contribution in [2.45, 2.75) is 18.1 Å². The number of aliphatic hydroxyl groups excluding tert-OH is 2. The Labute approximate surface area is 97.1 Å². The fraction of sp³-hybridized carbons (Fsp3) is 0.400. The number of rotatable bonds is 4. The van der Waals surface area contributed by atoms with Gasteiger partial charge in [-0.1, -0.05) is 0 Å². The number of aliphatic hydroxyl groups is 2. The molecule has 6 heteroatoms. The molecule has 2 N–H and O–H groups in total. The predicted octanol–water partition coefficient (Wildman–Crippen LogP) is 0.483. The van der Waals surface area contributed by atoms with Crippen LogP contribution in [0.3, 0.4) is 0 Å². The molecule has 0 saturated heterocycles. The number of aryl methyl sites for hydroxylation is 1. The number of hydrogen-bond acceptors (Lipinski definition) is 5. The van der Waals surface area contributed by atoms with Crippen LogP contribution in [0.15, 0.2) is 23.5 Å². The molecule has 1 atom stereocenters. The van der Waals surface area contributed by atoms with Crippen molar-refractivity contribution in [3.05, 3.63) is 24.2 Å². The van der Waals surface area contributed by atoms with E-state index in [0.717, 1.165) is 16.2 Å². The number of fused-ring (bicyclic) bond motifs is 1. The van der Waals surface area contributed by atoms with Crippen molar-refractivity contribution in [1.82, 2.24) is 14.6 Å². The first kappa shape index (κ1) is 11.4. The summed E-state index contributed by atoms with van der Waals surface area (Å²) < 4.78 is 1.76. The maximum Gasteiger partial charge on any atom is 0.122 e. The lowest BCUT2D eigenvalue weighted by molar-refractivity contribution is 0.113. The summed E-state index contributed by atoms with van der Waals surface area (Å²) in [5.74, 6) is 0.424. The van der Waals surface area contributed by atoms with Gasteiger partial charge in [0.2, 0.25) is 0 Å².